The van der Waals surface area contributed by atoms with E-state index in [2.05, 4.69) is 15.6 Å². The van der Waals surface area contributed by atoms with Crippen LogP contribution in [0.2, 0.25) is 0 Å². The Kier molecular flexibility index (Phi) is 4.61. The summed E-state index contributed by atoms with van der Waals surface area (Å²) in [5.74, 6) is 0.778. The fraction of sp³-hybridized carbons (Fsp3) is 0.158. The second-order valence-corrected chi connectivity index (χ2v) is 5.71. The van der Waals surface area contributed by atoms with Crippen molar-refractivity contribution in [2.45, 2.75) is 13.0 Å². The molecular formula is C19H20N4O. The topological polar surface area (TPSA) is 59.0 Å². The maximum absolute atomic E-state index is 12.5. The van der Waals surface area contributed by atoms with Gasteiger partial charge in [0.05, 0.1) is 0 Å². The van der Waals surface area contributed by atoms with Crippen molar-refractivity contribution in [2.75, 3.05) is 5.32 Å². The Labute approximate surface area is 141 Å². The van der Waals surface area contributed by atoms with E-state index in [1.807, 2.05) is 79.3 Å². The van der Waals surface area contributed by atoms with Crippen molar-refractivity contribution < 1.29 is 4.79 Å². The van der Waals surface area contributed by atoms with Gasteiger partial charge in [-0.2, -0.15) is 0 Å². The van der Waals surface area contributed by atoms with Crippen LogP contribution in [0.4, 0.5) is 10.5 Å². The van der Waals surface area contributed by atoms with Gasteiger partial charge in [0.2, 0.25) is 0 Å². The van der Waals surface area contributed by atoms with Crippen molar-refractivity contribution in [1.82, 2.24) is 14.9 Å². The van der Waals surface area contributed by atoms with Crippen molar-refractivity contribution >= 4 is 11.7 Å². The molecule has 0 unspecified atom stereocenters. The molecule has 2 aromatic carbocycles. The first-order valence-corrected chi connectivity index (χ1v) is 7.80. The lowest BCUT2D eigenvalue weighted by Gasteiger charge is -2.19. The summed E-state index contributed by atoms with van der Waals surface area (Å²) in [5.41, 5.74) is 2.84. The molecule has 3 aromatic rings. The van der Waals surface area contributed by atoms with Crippen LogP contribution in [-0.4, -0.2) is 15.6 Å². The molecule has 0 spiro atoms. The largest absolute Gasteiger partial charge is 0.336 e. The number of carbonyl (C=O) groups excluding carboxylic acids is 1. The minimum atomic E-state index is -0.323. The zero-order valence-corrected chi connectivity index (χ0v) is 13.7. The molecule has 1 heterocycles. The van der Waals surface area contributed by atoms with Gasteiger partial charge in [0.1, 0.15) is 11.9 Å². The quantitative estimate of drug-likeness (QED) is 0.771. The van der Waals surface area contributed by atoms with E-state index in [1.165, 1.54) is 0 Å². The summed E-state index contributed by atoms with van der Waals surface area (Å²) in [4.78, 5) is 16.8. The predicted molar refractivity (Wildman–Crippen MR) is 94.8 cm³/mol. The van der Waals surface area contributed by atoms with Gasteiger partial charge in [0.25, 0.3) is 0 Å². The lowest BCUT2D eigenvalue weighted by molar-refractivity contribution is 0.249. The number of nitrogens with zero attached hydrogens (tertiary/aromatic N) is 2. The van der Waals surface area contributed by atoms with E-state index in [9.17, 15) is 4.79 Å². The second kappa shape index (κ2) is 7.00. The van der Waals surface area contributed by atoms with E-state index in [0.29, 0.717) is 0 Å². The maximum atomic E-state index is 12.5. The van der Waals surface area contributed by atoms with Crippen LogP contribution in [0.25, 0.3) is 0 Å². The minimum absolute atomic E-state index is 0.266. The number of hydrogen-bond acceptors (Lipinski definition) is 2. The third kappa shape index (κ3) is 3.63. The lowest BCUT2D eigenvalue weighted by Crippen LogP contribution is -2.34. The summed E-state index contributed by atoms with van der Waals surface area (Å²) >= 11 is 0. The molecule has 2 N–H and O–H groups in total. The number of benzene rings is 2. The maximum Gasteiger partial charge on any atom is 0.320 e. The van der Waals surface area contributed by atoms with E-state index in [-0.39, 0.29) is 12.1 Å². The average molecular weight is 320 g/mol. The van der Waals surface area contributed by atoms with Gasteiger partial charge < -0.3 is 15.2 Å². The molecule has 0 aliphatic rings. The zero-order valence-electron chi connectivity index (χ0n) is 13.7. The van der Waals surface area contributed by atoms with E-state index in [0.717, 1.165) is 22.6 Å². The van der Waals surface area contributed by atoms with Crippen LogP contribution in [0, 0.1) is 6.92 Å². The van der Waals surface area contributed by atoms with Gasteiger partial charge in [-0.05, 0) is 30.2 Å². The molecule has 0 bridgehead atoms. The van der Waals surface area contributed by atoms with Gasteiger partial charge in [-0.25, -0.2) is 9.78 Å². The number of anilines is 1. The van der Waals surface area contributed by atoms with Crippen LogP contribution in [-0.2, 0) is 7.05 Å². The third-order valence-corrected chi connectivity index (χ3v) is 3.80. The minimum Gasteiger partial charge on any atom is -0.336 e. The molecule has 24 heavy (non-hydrogen) atoms. The third-order valence-electron chi connectivity index (χ3n) is 3.80. The summed E-state index contributed by atoms with van der Waals surface area (Å²) in [7, 11) is 1.92. The van der Waals surface area contributed by atoms with E-state index in [4.69, 9.17) is 0 Å². The molecule has 3 rings (SSSR count). The summed E-state index contributed by atoms with van der Waals surface area (Å²) in [5, 5.41) is 5.89. The Bertz CT molecular complexity index is 826. The molecule has 0 saturated heterocycles. The lowest BCUT2D eigenvalue weighted by atomic mass is 10.1. The van der Waals surface area contributed by atoms with Crippen LogP contribution in [0.3, 0.4) is 0 Å². The first-order valence-electron chi connectivity index (χ1n) is 7.80. The zero-order chi connectivity index (χ0) is 16.9. The van der Waals surface area contributed by atoms with Crippen molar-refractivity contribution in [3.8, 4) is 0 Å². The molecule has 0 aliphatic heterocycles. The molecule has 122 valence electrons. The van der Waals surface area contributed by atoms with Crippen molar-refractivity contribution in [3.63, 3.8) is 0 Å². The summed E-state index contributed by atoms with van der Waals surface area (Å²) in [6.45, 7) is 1.99. The summed E-state index contributed by atoms with van der Waals surface area (Å²) in [6.07, 6.45) is 3.59. The van der Waals surface area contributed by atoms with Gasteiger partial charge >= 0.3 is 6.03 Å². The van der Waals surface area contributed by atoms with Crippen molar-refractivity contribution in [1.29, 1.82) is 0 Å². The molecule has 0 fully saturated rings. The Morgan fingerprint density at radius 2 is 1.92 bits per heavy atom. The van der Waals surface area contributed by atoms with Gasteiger partial charge in [0, 0.05) is 25.1 Å². The Balaban J connectivity index is 1.82. The van der Waals surface area contributed by atoms with Crippen molar-refractivity contribution in [3.05, 3.63) is 83.9 Å². The fourth-order valence-corrected chi connectivity index (χ4v) is 2.62. The van der Waals surface area contributed by atoms with Crippen LogP contribution in [0.15, 0.2) is 67.0 Å². The van der Waals surface area contributed by atoms with E-state index in [1.54, 1.807) is 6.20 Å². The number of urea groups is 1. The number of aromatic nitrogens is 2. The van der Waals surface area contributed by atoms with E-state index < -0.39 is 0 Å². The monoisotopic (exact) mass is 320 g/mol. The van der Waals surface area contributed by atoms with Gasteiger partial charge in [-0.1, -0.05) is 42.5 Å². The van der Waals surface area contributed by atoms with Gasteiger partial charge in [-0.15, -0.1) is 0 Å². The van der Waals surface area contributed by atoms with Crippen LogP contribution < -0.4 is 10.6 Å². The number of imidazole rings is 1. The normalized spacial score (nSPS) is 11.8. The van der Waals surface area contributed by atoms with Crippen LogP contribution in [0.1, 0.15) is 23.0 Å². The standard InChI is InChI=1S/C19H20N4O/c1-14-7-6-10-16(13-14)21-19(24)22-17(15-8-4-3-5-9-15)18-20-11-12-23(18)2/h3-13,17H,1-2H3,(H2,21,22,24)/t17-/m1/s1. The first kappa shape index (κ1) is 15.8. The predicted octanol–water partition coefficient (Wildman–Crippen LogP) is 3.64. The van der Waals surface area contributed by atoms with Crippen molar-refractivity contribution in [2.24, 2.45) is 7.05 Å². The Hall–Kier alpha value is -3.08. The molecule has 0 saturated carbocycles. The number of amides is 2. The fourth-order valence-electron chi connectivity index (χ4n) is 2.62. The molecule has 0 aliphatic carbocycles. The number of aryl methyl sites for hydroxylation is 2. The highest BCUT2D eigenvalue weighted by molar-refractivity contribution is 5.89. The second-order valence-electron chi connectivity index (χ2n) is 5.71. The highest BCUT2D eigenvalue weighted by Crippen LogP contribution is 2.20. The molecule has 1 atom stereocenters. The van der Waals surface area contributed by atoms with Gasteiger partial charge in [0.15, 0.2) is 0 Å². The van der Waals surface area contributed by atoms with E-state index >= 15 is 0 Å². The number of carbonyl (C=O) groups is 1. The highest BCUT2D eigenvalue weighted by atomic mass is 16.2. The summed E-state index contributed by atoms with van der Waals surface area (Å²) in [6, 6.07) is 16.9. The van der Waals surface area contributed by atoms with Crippen LogP contribution >= 0.6 is 0 Å². The molecule has 1 aromatic heterocycles. The Morgan fingerprint density at radius 3 is 2.58 bits per heavy atom. The average Bonchev–Trinajstić information content (AvgIpc) is 2.99. The molecule has 0 radical (unpaired) electrons. The van der Waals surface area contributed by atoms with Crippen LogP contribution in [0.5, 0.6) is 0 Å². The summed E-state index contributed by atoms with van der Waals surface area (Å²) < 4.78 is 1.91. The smallest absolute Gasteiger partial charge is 0.320 e. The Morgan fingerprint density at radius 1 is 1.12 bits per heavy atom. The first-order chi connectivity index (χ1) is 11.6. The molecule has 2 amide bonds. The van der Waals surface area contributed by atoms with Gasteiger partial charge in [-0.3, -0.25) is 0 Å². The highest BCUT2D eigenvalue weighted by Gasteiger charge is 2.20. The molecular weight excluding hydrogens is 300 g/mol. The molecule has 5 heteroatoms. The SMILES string of the molecule is Cc1cccc(NC(=O)N[C@H](c2ccccc2)c2nccn2C)c1. The number of rotatable bonds is 4. The number of hydrogen-bond donors (Lipinski definition) is 2. The molecule has 5 nitrogen and oxygen atoms in total. The number of nitrogens with one attached hydrogen (secondary N) is 2.